The molecule has 0 radical (unpaired) electrons. The minimum Gasteiger partial charge on any atom is -0.494 e. The Labute approximate surface area is 201 Å². The Morgan fingerprint density at radius 3 is 1.94 bits per heavy atom. The van der Waals surface area contributed by atoms with Gasteiger partial charge in [0, 0.05) is 24.8 Å². The molecule has 0 bridgehead atoms. The van der Waals surface area contributed by atoms with Gasteiger partial charge < -0.3 is 9.47 Å². The molecule has 0 aliphatic carbocycles. The largest absolute Gasteiger partial charge is 0.494 e. The van der Waals surface area contributed by atoms with E-state index in [1.165, 1.54) is 5.56 Å². The number of ether oxygens (including phenoxy) is 2. The zero-order valence-corrected chi connectivity index (χ0v) is 19.4. The molecule has 34 heavy (non-hydrogen) atoms. The normalized spacial score (nSPS) is 11.0. The van der Waals surface area contributed by atoms with Crippen LogP contribution in [0.3, 0.4) is 0 Å². The first-order valence-electron chi connectivity index (χ1n) is 11.6. The van der Waals surface area contributed by atoms with Gasteiger partial charge in [-0.1, -0.05) is 24.3 Å². The molecule has 1 aromatic carbocycles. The highest BCUT2D eigenvalue weighted by Crippen LogP contribution is 2.19. The molecule has 4 aromatic rings. The molecule has 0 aliphatic rings. The van der Waals surface area contributed by atoms with Crippen molar-refractivity contribution in [3.8, 4) is 22.9 Å². The van der Waals surface area contributed by atoms with Crippen LogP contribution in [-0.4, -0.2) is 28.2 Å². The van der Waals surface area contributed by atoms with E-state index in [4.69, 9.17) is 9.47 Å². The predicted molar refractivity (Wildman–Crippen MR) is 137 cm³/mol. The van der Waals surface area contributed by atoms with Gasteiger partial charge in [0.15, 0.2) is 0 Å². The lowest BCUT2D eigenvalue weighted by atomic mass is 10.1. The molecular weight excluding hydrogens is 422 g/mol. The van der Waals surface area contributed by atoms with E-state index in [-0.39, 0.29) is 0 Å². The first-order valence-corrected chi connectivity index (χ1v) is 11.6. The highest BCUT2D eigenvalue weighted by molar-refractivity contribution is 5.71. The van der Waals surface area contributed by atoms with Crippen LogP contribution in [0.25, 0.3) is 23.5 Å². The van der Waals surface area contributed by atoms with E-state index in [1.807, 2.05) is 54.9 Å². The van der Waals surface area contributed by atoms with Crippen molar-refractivity contribution in [3.63, 3.8) is 0 Å². The number of rotatable bonds is 11. The molecule has 3 aromatic heterocycles. The third kappa shape index (κ3) is 7.27. The number of hydrogen-bond donors (Lipinski definition) is 0. The molecule has 0 saturated carbocycles. The lowest BCUT2D eigenvalue weighted by Gasteiger charge is -2.07. The van der Waals surface area contributed by atoms with Crippen LogP contribution < -0.4 is 9.47 Å². The summed E-state index contributed by atoms with van der Waals surface area (Å²) in [5.74, 6) is 1.76. The van der Waals surface area contributed by atoms with Gasteiger partial charge >= 0.3 is 0 Å². The van der Waals surface area contributed by atoms with Crippen LogP contribution in [0.5, 0.6) is 11.5 Å². The van der Waals surface area contributed by atoms with E-state index in [1.54, 1.807) is 12.4 Å². The van der Waals surface area contributed by atoms with Crippen molar-refractivity contribution in [1.82, 2.24) is 15.0 Å². The first-order chi connectivity index (χ1) is 16.8. The van der Waals surface area contributed by atoms with Gasteiger partial charge in [-0.15, -0.1) is 0 Å². The van der Waals surface area contributed by atoms with Crippen molar-refractivity contribution in [1.29, 1.82) is 0 Å². The third-order valence-corrected chi connectivity index (χ3v) is 5.29. The van der Waals surface area contributed by atoms with Gasteiger partial charge in [-0.3, -0.25) is 15.0 Å². The fourth-order valence-electron chi connectivity index (χ4n) is 3.43. The number of nitrogens with zero attached hydrogens (tertiary/aromatic N) is 3. The lowest BCUT2D eigenvalue weighted by Crippen LogP contribution is -2.01. The minimum absolute atomic E-state index is 0.706. The number of pyridine rings is 3. The Hall–Kier alpha value is -3.99. The van der Waals surface area contributed by atoms with E-state index in [9.17, 15) is 0 Å². The molecule has 0 N–H and O–H groups in total. The van der Waals surface area contributed by atoms with E-state index in [0.29, 0.717) is 13.2 Å². The number of aryl methyl sites for hydroxylation is 1. The molecule has 0 amide bonds. The molecule has 0 spiro atoms. The van der Waals surface area contributed by atoms with Crippen molar-refractivity contribution in [2.24, 2.45) is 0 Å². The second kappa shape index (κ2) is 12.3. The Balaban J connectivity index is 1.20. The Morgan fingerprint density at radius 1 is 0.618 bits per heavy atom. The summed E-state index contributed by atoms with van der Waals surface area (Å²) in [7, 11) is 0. The quantitative estimate of drug-likeness (QED) is 0.239. The van der Waals surface area contributed by atoms with Crippen molar-refractivity contribution in [3.05, 3.63) is 102 Å². The summed E-state index contributed by atoms with van der Waals surface area (Å²) in [5, 5.41) is 0. The molecule has 5 heteroatoms. The highest BCUT2D eigenvalue weighted by Gasteiger charge is 2.02. The molecule has 4 rings (SSSR count). The molecule has 5 nitrogen and oxygen atoms in total. The van der Waals surface area contributed by atoms with Gasteiger partial charge in [-0.2, -0.15) is 0 Å². The second-order valence-corrected chi connectivity index (χ2v) is 8.04. The highest BCUT2D eigenvalue weighted by atomic mass is 16.5. The van der Waals surface area contributed by atoms with Crippen LogP contribution in [0.2, 0.25) is 0 Å². The molecule has 0 aliphatic heterocycles. The van der Waals surface area contributed by atoms with Crippen molar-refractivity contribution >= 4 is 12.2 Å². The fraction of sp³-hybridized carbons (Fsp3) is 0.207. The lowest BCUT2D eigenvalue weighted by molar-refractivity contribution is 0.279. The van der Waals surface area contributed by atoms with Gasteiger partial charge in [0.05, 0.1) is 24.6 Å². The molecule has 0 atom stereocenters. The topological polar surface area (TPSA) is 57.1 Å². The average molecular weight is 452 g/mol. The van der Waals surface area contributed by atoms with Gasteiger partial charge in [0.1, 0.15) is 11.5 Å². The van der Waals surface area contributed by atoms with E-state index in [2.05, 4.69) is 52.2 Å². The summed E-state index contributed by atoms with van der Waals surface area (Å²) in [6.45, 7) is 3.48. The number of unbranched alkanes of at least 4 members (excludes halogenated alkanes) is 2. The van der Waals surface area contributed by atoms with Crippen LogP contribution >= 0.6 is 0 Å². The molecule has 0 saturated heterocycles. The SMILES string of the molecule is Cc1ccnc(-c2cc(/C=C/c3ccc(OCCCCCOc4ccncc4)cc3)ccn2)c1. The van der Waals surface area contributed by atoms with E-state index < -0.39 is 0 Å². The zero-order valence-electron chi connectivity index (χ0n) is 19.4. The maximum Gasteiger partial charge on any atom is 0.122 e. The van der Waals surface area contributed by atoms with E-state index >= 15 is 0 Å². The molecule has 3 heterocycles. The standard InChI is InChI=1S/C29H29N3O2/c1-23-11-17-31-28(21-23)29-22-25(12-18-32-29)6-5-24-7-9-26(10-8-24)33-19-3-2-4-20-34-27-13-15-30-16-14-27/h5-18,21-22H,2-4,19-20H2,1H3/b6-5+. The number of hydrogen-bond acceptors (Lipinski definition) is 5. The number of aromatic nitrogens is 3. The Kier molecular flexibility index (Phi) is 8.39. The Bertz CT molecular complexity index is 1190. The first kappa shape index (κ1) is 23.2. The van der Waals surface area contributed by atoms with Crippen molar-refractivity contribution < 1.29 is 9.47 Å². The zero-order chi connectivity index (χ0) is 23.4. The molecule has 172 valence electrons. The average Bonchev–Trinajstić information content (AvgIpc) is 2.88. The maximum absolute atomic E-state index is 5.87. The molecule has 0 unspecified atom stereocenters. The van der Waals surface area contributed by atoms with Crippen LogP contribution in [0, 0.1) is 6.92 Å². The Morgan fingerprint density at radius 2 is 1.24 bits per heavy atom. The smallest absolute Gasteiger partial charge is 0.122 e. The summed E-state index contributed by atoms with van der Waals surface area (Å²) in [6, 6.07) is 20.0. The summed E-state index contributed by atoms with van der Waals surface area (Å²) >= 11 is 0. The van der Waals surface area contributed by atoms with Gasteiger partial charge in [0.2, 0.25) is 0 Å². The van der Waals surface area contributed by atoms with Gasteiger partial charge in [-0.25, -0.2) is 0 Å². The molecule has 0 fully saturated rings. The monoisotopic (exact) mass is 451 g/mol. The summed E-state index contributed by atoms with van der Waals surface area (Å²) in [4.78, 5) is 12.9. The van der Waals surface area contributed by atoms with Gasteiger partial charge in [-0.05, 0) is 91.4 Å². The fourth-order valence-corrected chi connectivity index (χ4v) is 3.43. The van der Waals surface area contributed by atoms with Crippen molar-refractivity contribution in [2.45, 2.75) is 26.2 Å². The van der Waals surface area contributed by atoms with Crippen LogP contribution in [-0.2, 0) is 0 Å². The maximum atomic E-state index is 5.87. The van der Waals surface area contributed by atoms with Crippen LogP contribution in [0.15, 0.2) is 85.5 Å². The van der Waals surface area contributed by atoms with Crippen molar-refractivity contribution in [2.75, 3.05) is 13.2 Å². The second-order valence-electron chi connectivity index (χ2n) is 8.04. The van der Waals surface area contributed by atoms with Crippen LogP contribution in [0.4, 0.5) is 0 Å². The summed E-state index contributed by atoms with van der Waals surface area (Å²) < 4.78 is 11.6. The van der Waals surface area contributed by atoms with E-state index in [0.717, 1.165) is 53.3 Å². The summed E-state index contributed by atoms with van der Waals surface area (Å²) in [6.07, 6.45) is 14.4. The van der Waals surface area contributed by atoms with Crippen LogP contribution in [0.1, 0.15) is 36.0 Å². The third-order valence-electron chi connectivity index (χ3n) is 5.29. The number of benzene rings is 1. The molecular formula is C29H29N3O2. The predicted octanol–water partition coefficient (Wildman–Crippen LogP) is 6.65. The summed E-state index contributed by atoms with van der Waals surface area (Å²) in [5.41, 5.74) is 5.14. The van der Waals surface area contributed by atoms with Gasteiger partial charge in [0.25, 0.3) is 0 Å². The minimum atomic E-state index is 0.706.